The predicted octanol–water partition coefficient (Wildman–Crippen LogP) is 7.02. The standard InChI is InChI=1S/C35H33N3O3/c1-3-4-21-36(35(40)28-16-15-25-10-5-6-11-27(25)23-28)24-33(39)38-31-13-8-7-12-30(31)37-22-9-14-32(37)34(38)26-17-19-29(41-2)20-18-26/h5-20,22-23,34H,3-4,21,24H2,1-2H3. The third-order valence-corrected chi connectivity index (χ3v) is 7.81. The molecular formula is C35H33N3O3. The van der Waals surface area contributed by atoms with Crippen molar-refractivity contribution in [3.63, 3.8) is 0 Å². The smallest absolute Gasteiger partial charge is 0.254 e. The van der Waals surface area contributed by atoms with Gasteiger partial charge in [-0.15, -0.1) is 0 Å². The number of carbonyl (C=O) groups is 2. The largest absolute Gasteiger partial charge is 0.497 e. The number of rotatable bonds is 8. The quantitative estimate of drug-likeness (QED) is 0.211. The van der Waals surface area contributed by atoms with E-state index in [1.54, 1.807) is 12.0 Å². The summed E-state index contributed by atoms with van der Waals surface area (Å²) in [6.45, 7) is 2.58. The molecule has 1 atom stereocenters. The van der Waals surface area contributed by atoms with Gasteiger partial charge in [-0.1, -0.05) is 67.9 Å². The Balaban J connectivity index is 1.38. The fourth-order valence-corrected chi connectivity index (χ4v) is 5.71. The van der Waals surface area contributed by atoms with Gasteiger partial charge in [-0.25, -0.2) is 0 Å². The zero-order chi connectivity index (χ0) is 28.3. The SMILES string of the molecule is CCCCN(CC(=O)N1c2ccccc2-n2cccc2C1c1ccc(OC)cc1)C(=O)c1ccc2ccccc2c1. The van der Waals surface area contributed by atoms with E-state index in [9.17, 15) is 9.59 Å². The number of anilines is 1. The van der Waals surface area contributed by atoms with Gasteiger partial charge in [0.05, 0.1) is 24.2 Å². The van der Waals surface area contributed by atoms with E-state index >= 15 is 0 Å². The first-order valence-electron chi connectivity index (χ1n) is 14.1. The minimum atomic E-state index is -0.359. The van der Waals surface area contributed by atoms with Gasteiger partial charge < -0.3 is 14.2 Å². The molecule has 1 aromatic heterocycles. The predicted molar refractivity (Wildman–Crippen MR) is 163 cm³/mol. The van der Waals surface area contributed by atoms with Crippen LogP contribution in [0.15, 0.2) is 109 Å². The number of carbonyl (C=O) groups excluding carboxylic acids is 2. The van der Waals surface area contributed by atoms with Crippen molar-refractivity contribution >= 4 is 28.3 Å². The van der Waals surface area contributed by atoms with Crippen LogP contribution in [-0.4, -0.2) is 41.5 Å². The summed E-state index contributed by atoms with van der Waals surface area (Å²) < 4.78 is 7.54. The molecule has 0 saturated heterocycles. The van der Waals surface area contributed by atoms with Gasteiger partial charge in [-0.05, 0) is 71.3 Å². The second kappa shape index (κ2) is 11.3. The number of ether oxygens (including phenoxy) is 1. The van der Waals surface area contributed by atoms with Gasteiger partial charge in [-0.3, -0.25) is 14.5 Å². The molecule has 0 bridgehead atoms. The van der Waals surface area contributed by atoms with E-state index in [0.29, 0.717) is 12.1 Å². The number of para-hydroxylation sites is 2. The third-order valence-electron chi connectivity index (χ3n) is 7.81. The van der Waals surface area contributed by atoms with Crippen LogP contribution in [0.3, 0.4) is 0 Å². The van der Waals surface area contributed by atoms with Crippen molar-refractivity contribution in [2.24, 2.45) is 0 Å². The number of hydrogen-bond donors (Lipinski definition) is 0. The summed E-state index contributed by atoms with van der Waals surface area (Å²) in [6.07, 6.45) is 3.77. The van der Waals surface area contributed by atoms with Crippen LogP contribution in [0.5, 0.6) is 5.75 Å². The first-order valence-corrected chi connectivity index (χ1v) is 14.1. The lowest BCUT2D eigenvalue weighted by atomic mass is 9.97. The first kappa shape index (κ1) is 26.4. The van der Waals surface area contributed by atoms with Crippen LogP contribution in [0, 0.1) is 0 Å². The summed E-state index contributed by atoms with van der Waals surface area (Å²) in [4.78, 5) is 31.9. The van der Waals surface area contributed by atoms with E-state index in [0.717, 1.165) is 52.0 Å². The first-order chi connectivity index (χ1) is 20.1. The fraction of sp³-hybridized carbons (Fsp3) is 0.200. The van der Waals surface area contributed by atoms with Crippen molar-refractivity contribution in [1.29, 1.82) is 0 Å². The highest BCUT2D eigenvalue weighted by Gasteiger charge is 2.37. The molecule has 0 radical (unpaired) electrons. The summed E-state index contributed by atoms with van der Waals surface area (Å²) in [5, 5.41) is 2.08. The van der Waals surface area contributed by atoms with E-state index in [1.165, 1.54) is 0 Å². The molecule has 6 rings (SSSR count). The maximum Gasteiger partial charge on any atom is 0.254 e. The minimum Gasteiger partial charge on any atom is -0.497 e. The summed E-state index contributed by atoms with van der Waals surface area (Å²) in [7, 11) is 1.64. The summed E-state index contributed by atoms with van der Waals surface area (Å²) in [5.74, 6) is 0.494. The average molecular weight is 544 g/mol. The van der Waals surface area contributed by atoms with Gasteiger partial charge in [0.25, 0.3) is 5.91 Å². The zero-order valence-electron chi connectivity index (χ0n) is 23.4. The Kier molecular flexibility index (Phi) is 7.30. The van der Waals surface area contributed by atoms with Gasteiger partial charge in [0.1, 0.15) is 18.3 Å². The average Bonchev–Trinajstić information content (AvgIpc) is 3.52. The fourth-order valence-electron chi connectivity index (χ4n) is 5.71. The van der Waals surface area contributed by atoms with Gasteiger partial charge >= 0.3 is 0 Å². The highest BCUT2D eigenvalue weighted by atomic mass is 16.5. The number of amides is 2. The van der Waals surface area contributed by atoms with E-state index in [2.05, 4.69) is 17.6 Å². The molecule has 6 nitrogen and oxygen atoms in total. The van der Waals surface area contributed by atoms with E-state index in [1.807, 2.05) is 108 Å². The van der Waals surface area contributed by atoms with Crippen LogP contribution >= 0.6 is 0 Å². The van der Waals surface area contributed by atoms with Crippen molar-refractivity contribution in [1.82, 2.24) is 9.47 Å². The molecule has 0 fully saturated rings. The van der Waals surface area contributed by atoms with Gasteiger partial charge in [0.2, 0.25) is 5.91 Å². The number of unbranched alkanes of at least 4 members (excludes halogenated alkanes) is 1. The van der Waals surface area contributed by atoms with Gasteiger partial charge in [0.15, 0.2) is 0 Å². The molecule has 2 amide bonds. The van der Waals surface area contributed by atoms with Gasteiger partial charge in [0, 0.05) is 18.3 Å². The number of fused-ring (bicyclic) bond motifs is 4. The Morgan fingerprint density at radius 1 is 0.829 bits per heavy atom. The Morgan fingerprint density at radius 3 is 2.32 bits per heavy atom. The molecule has 206 valence electrons. The van der Waals surface area contributed by atoms with Crippen LogP contribution in [-0.2, 0) is 4.79 Å². The second-order valence-corrected chi connectivity index (χ2v) is 10.4. The molecule has 0 aliphatic carbocycles. The highest BCUT2D eigenvalue weighted by Crippen LogP contribution is 2.42. The molecule has 1 aliphatic heterocycles. The van der Waals surface area contributed by atoms with E-state index in [-0.39, 0.29) is 24.4 Å². The normalized spacial score (nSPS) is 13.9. The third kappa shape index (κ3) is 4.97. The maximum absolute atomic E-state index is 14.4. The molecule has 0 N–H and O–H groups in total. The van der Waals surface area contributed by atoms with Crippen molar-refractivity contribution in [2.75, 3.05) is 25.1 Å². The van der Waals surface area contributed by atoms with Crippen LogP contribution in [0.1, 0.15) is 47.4 Å². The van der Waals surface area contributed by atoms with Crippen LogP contribution < -0.4 is 9.64 Å². The Labute approximate surface area is 240 Å². The molecule has 1 unspecified atom stereocenters. The lowest BCUT2D eigenvalue weighted by Crippen LogP contribution is -2.47. The van der Waals surface area contributed by atoms with Crippen molar-refractivity contribution < 1.29 is 14.3 Å². The summed E-state index contributed by atoms with van der Waals surface area (Å²) in [6, 6.07) is 33.2. The number of methoxy groups -OCH3 is 1. The summed E-state index contributed by atoms with van der Waals surface area (Å²) in [5.41, 5.74) is 4.30. The molecule has 2 heterocycles. The van der Waals surface area contributed by atoms with Gasteiger partial charge in [-0.2, -0.15) is 0 Å². The lowest BCUT2D eigenvalue weighted by Gasteiger charge is -2.39. The molecule has 5 aromatic rings. The van der Waals surface area contributed by atoms with E-state index in [4.69, 9.17) is 4.74 Å². The number of benzene rings is 4. The van der Waals surface area contributed by atoms with Crippen molar-refractivity contribution in [3.05, 3.63) is 126 Å². The van der Waals surface area contributed by atoms with Crippen LogP contribution in [0.25, 0.3) is 16.5 Å². The Hall–Kier alpha value is -4.84. The van der Waals surface area contributed by atoms with Crippen molar-refractivity contribution in [2.45, 2.75) is 25.8 Å². The highest BCUT2D eigenvalue weighted by molar-refractivity contribution is 6.04. The lowest BCUT2D eigenvalue weighted by molar-refractivity contribution is -0.119. The van der Waals surface area contributed by atoms with Crippen molar-refractivity contribution in [3.8, 4) is 11.4 Å². The number of aromatic nitrogens is 1. The van der Waals surface area contributed by atoms with E-state index < -0.39 is 0 Å². The molecular weight excluding hydrogens is 510 g/mol. The topological polar surface area (TPSA) is 54.8 Å². The van der Waals surface area contributed by atoms with Crippen LogP contribution in [0.2, 0.25) is 0 Å². The molecule has 6 heteroatoms. The van der Waals surface area contributed by atoms with Crippen LogP contribution in [0.4, 0.5) is 5.69 Å². The Bertz CT molecular complexity index is 1710. The molecule has 1 aliphatic rings. The molecule has 0 spiro atoms. The monoisotopic (exact) mass is 543 g/mol. The molecule has 4 aromatic carbocycles. The zero-order valence-corrected chi connectivity index (χ0v) is 23.4. The minimum absolute atomic E-state index is 0.0205. The maximum atomic E-state index is 14.4. The Morgan fingerprint density at radius 2 is 1.56 bits per heavy atom. The molecule has 41 heavy (non-hydrogen) atoms. The second-order valence-electron chi connectivity index (χ2n) is 10.4. The number of nitrogens with zero attached hydrogens (tertiary/aromatic N) is 3. The summed E-state index contributed by atoms with van der Waals surface area (Å²) >= 11 is 0. The molecule has 0 saturated carbocycles. The number of hydrogen-bond acceptors (Lipinski definition) is 3.